The first-order valence-electron chi connectivity index (χ1n) is 10.1. The normalized spacial score (nSPS) is 10.6. The van der Waals surface area contributed by atoms with E-state index in [4.69, 9.17) is 18.9 Å². The lowest BCUT2D eigenvalue weighted by Crippen LogP contribution is -2.18. The van der Waals surface area contributed by atoms with E-state index in [1.807, 2.05) is 0 Å². The number of methoxy groups -OCH3 is 2. The van der Waals surface area contributed by atoms with Crippen LogP contribution in [0.1, 0.15) is 11.1 Å². The molecule has 3 aromatic rings. The molecule has 0 saturated carbocycles. The number of rotatable bonds is 10. The number of nitro groups is 2. The minimum absolute atomic E-state index is 0.161. The molecule has 0 heterocycles. The van der Waals surface area contributed by atoms with Gasteiger partial charge in [0.15, 0.2) is 18.1 Å². The standard InChI is InChI=1S/C24H20N2O9/c1-32-19-8-10-20(11-9-19)34-15-24(27)35-22-12-4-16(13-23(22)33-2)3-5-17-6-7-18(25(28)29)14-21(17)26(30)31/h3-14H,15H2,1-2H3. The van der Waals surface area contributed by atoms with E-state index >= 15 is 0 Å². The van der Waals surface area contributed by atoms with Gasteiger partial charge >= 0.3 is 5.97 Å². The highest BCUT2D eigenvalue weighted by Gasteiger charge is 2.18. The first kappa shape index (κ1) is 24.7. The van der Waals surface area contributed by atoms with Crippen molar-refractivity contribution in [1.29, 1.82) is 0 Å². The van der Waals surface area contributed by atoms with Gasteiger partial charge < -0.3 is 18.9 Å². The van der Waals surface area contributed by atoms with Crippen LogP contribution in [0.5, 0.6) is 23.0 Å². The minimum atomic E-state index is -0.701. The molecule has 35 heavy (non-hydrogen) atoms. The topological polar surface area (TPSA) is 140 Å². The smallest absolute Gasteiger partial charge is 0.349 e. The van der Waals surface area contributed by atoms with Gasteiger partial charge in [0.2, 0.25) is 0 Å². The number of esters is 1. The van der Waals surface area contributed by atoms with Gasteiger partial charge in [0.1, 0.15) is 11.5 Å². The Bertz CT molecular complexity index is 1270. The largest absolute Gasteiger partial charge is 0.497 e. The minimum Gasteiger partial charge on any atom is -0.497 e. The number of non-ortho nitro benzene ring substituents is 1. The van der Waals surface area contributed by atoms with Crippen molar-refractivity contribution in [3.8, 4) is 23.0 Å². The second-order valence-electron chi connectivity index (χ2n) is 6.94. The molecule has 0 amide bonds. The van der Waals surface area contributed by atoms with Gasteiger partial charge in [-0.15, -0.1) is 0 Å². The summed E-state index contributed by atoms with van der Waals surface area (Å²) in [5, 5.41) is 22.2. The van der Waals surface area contributed by atoms with Crippen molar-refractivity contribution in [3.63, 3.8) is 0 Å². The first-order valence-corrected chi connectivity index (χ1v) is 10.1. The Balaban J connectivity index is 1.70. The van der Waals surface area contributed by atoms with E-state index in [9.17, 15) is 25.0 Å². The van der Waals surface area contributed by atoms with Gasteiger partial charge in [0.05, 0.1) is 35.7 Å². The van der Waals surface area contributed by atoms with Crippen LogP contribution in [0.15, 0.2) is 60.7 Å². The Morgan fingerprint density at radius 1 is 0.829 bits per heavy atom. The summed E-state index contributed by atoms with van der Waals surface area (Å²) in [4.78, 5) is 33.0. The van der Waals surface area contributed by atoms with Crippen molar-refractivity contribution in [3.05, 3.63) is 92.0 Å². The summed E-state index contributed by atoms with van der Waals surface area (Å²) in [6.45, 7) is -0.332. The van der Waals surface area contributed by atoms with E-state index in [1.165, 1.54) is 31.4 Å². The van der Waals surface area contributed by atoms with Crippen LogP contribution in [0.4, 0.5) is 11.4 Å². The summed E-state index contributed by atoms with van der Waals surface area (Å²) in [7, 11) is 2.94. The van der Waals surface area contributed by atoms with Gasteiger partial charge in [-0.3, -0.25) is 20.2 Å². The van der Waals surface area contributed by atoms with Crippen LogP contribution in [0.25, 0.3) is 12.2 Å². The van der Waals surface area contributed by atoms with Crippen molar-refractivity contribution in [2.75, 3.05) is 20.8 Å². The average Bonchev–Trinajstić information content (AvgIpc) is 2.86. The van der Waals surface area contributed by atoms with Crippen LogP contribution in [0.3, 0.4) is 0 Å². The second kappa shape index (κ2) is 11.3. The molecule has 0 aromatic heterocycles. The Hall–Kier alpha value is -4.93. The number of nitro benzene ring substituents is 2. The molecule has 0 spiro atoms. The summed E-state index contributed by atoms with van der Waals surface area (Å²) in [5.41, 5.74) is -0.00276. The maximum Gasteiger partial charge on any atom is 0.349 e. The third-order valence-corrected chi connectivity index (χ3v) is 4.70. The van der Waals surface area contributed by atoms with Crippen LogP contribution >= 0.6 is 0 Å². The average molecular weight is 480 g/mol. The molecule has 0 N–H and O–H groups in total. The highest BCUT2D eigenvalue weighted by Crippen LogP contribution is 2.30. The monoisotopic (exact) mass is 480 g/mol. The molecule has 11 nitrogen and oxygen atoms in total. The lowest BCUT2D eigenvalue weighted by Gasteiger charge is -2.11. The molecule has 180 valence electrons. The zero-order valence-corrected chi connectivity index (χ0v) is 18.7. The molecule has 11 heteroatoms. The van der Waals surface area contributed by atoms with Crippen LogP contribution in [-0.4, -0.2) is 36.6 Å². The lowest BCUT2D eigenvalue weighted by molar-refractivity contribution is -0.394. The van der Waals surface area contributed by atoms with Crippen molar-refractivity contribution >= 4 is 29.5 Å². The van der Waals surface area contributed by atoms with Gasteiger partial charge in [-0.25, -0.2) is 4.79 Å². The second-order valence-corrected chi connectivity index (χ2v) is 6.94. The van der Waals surface area contributed by atoms with Gasteiger partial charge in [-0.1, -0.05) is 12.1 Å². The fourth-order valence-electron chi connectivity index (χ4n) is 2.97. The molecule has 0 bridgehead atoms. The molecule has 0 saturated heterocycles. The third kappa shape index (κ3) is 6.54. The predicted molar refractivity (Wildman–Crippen MR) is 126 cm³/mol. The number of ether oxygens (including phenoxy) is 4. The van der Waals surface area contributed by atoms with E-state index in [2.05, 4.69) is 0 Å². The number of carbonyl (C=O) groups excluding carboxylic acids is 1. The van der Waals surface area contributed by atoms with Gasteiger partial charge in [-0.05, 0) is 54.1 Å². The van der Waals surface area contributed by atoms with Crippen LogP contribution < -0.4 is 18.9 Å². The highest BCUT2D eigenvalue weighted by molar-refractivity contribution is 5.77. The predicted octanol–water partition coefficient (Wildman–Crippen LogP) is 4.68. The van der Waals surface area contributed by atoms with E-state index in [0.717, 1.165) is 6.07 Å². The number of hydrogen-bond donors (Lipinski definition) is 0. The molecule has 0 unspecified atom stereocenters. The van der Waals surface area contributed by atoms with E-state index < -0.39 is 21.5 Å². The SMILES string of the molecule is COc1ccc(OCC(=O)Oc2ccc(C=Cc3ccc([N+](=O)[O-])cc3[N+](=O)[O-])cc2OC)cc1. The van der Waals surface area contributed by atoms with Gasteiger partial charge in [0, 0.05) is 6.07 Å². The Labute approximate surface area is 199 Å². The fourth-order valence-corrected chi connectivity index (χ4v) is 2.97. The zero-order valence-electron chi connectivity index (χ0n) is 18.7. The van der Waals surface area contributed by atoms with Crippen molar-refractivity contribution in [1.82, 2.24) is 0 Å². The Kier molecular flexibility index (Phi) is 7.96. The summed E-state index contributed by atoms with van der Waals surface area (Å²) in [5.74, 6) is 0.888. The zero-order chi connectivity index (χ0) is 25.4. The summed E-state index contributed by atoms with van der Waals surface area (Å²) in [6, 6.07) is 14.8. The van der Waals surface area contributed by atoms with E-state index in [-0.39, 0.29) is 29.4 Å². The molecule has 0 radical (unpaired) electrons. The summed E-state index contributed by atoms with van der Waals surface area (Å²) >= 11 is 0. The number of benzene rings is 3. The van der Waals surface area contributed by atoms with Gasteiger partial charge in [0.25, 0.3) is 11.4 Å². The van der Waals surface area contributed by atoms with Crippen LogP contribution in [0.2, 0.25) is 0 Å². The van der Waals surface area contributed by atoms with Crippen molar-refractivity contribution in [2.45, 2.75) is 0 Å². The lowest BCUT2D eigenvalue weighted by atomic mass is 10.1. The molecule has 0 aliphatic heterocycles. The molecule has 0 fully saturated rings. The number of hydrogen-bond acceptors (Lipinski definition) is 9. The molecular weight excluding hydrogens is 460 g/mol. The summed E-state index contributed by atoms with van der Waals surface area (Å²) in [6.07, 6.45) is 3.01. The Morgan fingerprint density at radius 3 is 2.17 bits per heavy atom. The Morgan fingerprint density at radius 2 is 1.54 bits per heavy atom. The first-order chi connectivity index (χ1) is 16.8. The maximum absolute atomic E-state index is 12.2. The van der Waals surface area contributed by atoms with Gasteiger partial charge in [-0.2, -0.15) is 0 Å². The summed E-state index contributed by atoms with van der Waals surface area (Å²) < 4.78 is 21.1. The number of carbonyl (C=O) groups is 1. The molecule has 3 aromatic carbocycles. The molecule has 3 rings (SSSR count). The van der Waals surface area contributed by atoms with Crippen LogP contribution in [0, 0.1) is 20.2 Å². The molecule has 0 atom stereocenters. The highest BCUT2D eigenvalue weighted by atomic mass is 16.6. The number of nitrogens with zero attached hydrogens (tertiary/aromatic N) is 2. The molecule has 0 aliphatic rings. The van der Waals surface area contributed by atoms with Crippen molar-refractivity contribution in [2.24, 2.45) is 0 Å². The fraction of sp³-hybridized carbons (Fsp3) is 0.125. The maximum atomic E-state index is 12.2. The van der Waals surface area contributed by atoms with Crippen LogP contribution in [-0.2, 0) is 4.79 Å². The third-order valence-electron chi connectivity index (χ3n) is 4.70. The van der Waals surface area contributed by atoms with Crippen molar-refractivity contribution < 1.29 is 33.6 Å². The molecular formula is C24H20N2O9. The van der Waals surface area contributed by atoms with E-state index in [0.29, 0.717) is 17.1 Å². The quantitative estimate of drug-likeness (QED) is 0.133. The molecule has 0 aliphatic carbocycles. The van der Waals surface area contributed by atoms with E-state index in [1.54, 1.807) is 49.6 Å².